The molecule has 6 nitrogen and oxygen atoms in total. The molecule has 1 heterocycles. The van der Waals surface area contributed by atoms with Crippen LogP contribution in [0.25, 0.3) is 0 Å². The van der Waals surface area contributed by atoms with Gasteiger partial charge in [-0.1, -0.05) is 0 Å². The molecule has 1 aliphatic rings. The Hall–Kier alpha value is -0.240. The molecule has 0 aromatic carbocycles. The summed E-state index contributed by atoms with van der Waals surface area (Å²) in [6.07, 6.45) is -1.58. The zero-order valence-electron chi connectivity index (χ0n) is 11.0. The highest BCUT2D eigenvalue weighted by atomic mass is 16.7. The molecule has 5 atom stereocenters. The zero-order chi connectivity index (χ0) is 12.8. The molecular weight excluding hydrogens is 228 g/mol. The fourth-order valence-electron chi connectivity index (χ4n) is 2.17. The molecule has 0 amide bonds. The second-order valence-electron chi connectivity index (χ2n) is 3.83. The van der Waals surface area contributed by atoms with E-state index < -0.39 is 6.29 Å². The first-order chi connectivity index (χ1) is 8.23. The molecular formula is C11H22O6. The third-order valence-electron chi connectivity index (χ3n) is 2.97. The van der Waals surface area contributed by atoms with Gasteiger partial charge in [-0.3, -0.25) is 0 Å². The molecule has 0 saturated carbocycles. The van der Waals surface area contributed by atoms with E-state index >= 15 is 0 Å². The van der Waals surface area contributed by atoms with Crippen LogP contribution in [0.1, 0.15) is 0 Å². The molecule has 17 heavy (non-hydrogen) atoms. The van der Waals surface area contributed by atoms with Crippen molar-refractivity contribution in [3.05, 3.63) is 0 Å². The van der Waals surface area contributed by atoms with E-state index in [-0.39, 0.29) is 24.4 Å². The molecule has 0 aromatic rings. The van der Waals surface area contributed by atoms with E-state index in [9.17, 15) is 0 Å². The van der Waals surface area contributed by atoms with Gasteiger partial charge in [0.25, 0.3) is 0 Å². The second kappa shape index (κ2) is 7.25. The van der Waals surface area contributed by atoms with Crippen molar-refractivity contribution >= 4 is 0 Å². The van der Waals surface area contributed by atoms with Crippen LogP contribution in [0.3, 0.4) is 0 Å². The average Bonchev–Trinajstić information content (AvgIpc) is 2.37. The Morgan fingerprint density at radius 3 is 1.76 bits per heavy atom. The monoisotopic (exact) mass is 250 g/mol. The number of methoxy groups -OCH3 is 5. The molecule has 102 valence electrons. The Morgan fingerprint density at radius 1 is 0.765 bits per heavy atom. The second-order valence-corrected chi connectivity index (χ2v) is 3.83. The smallest absolute Gasteiger partial charge is 0.186 e. The van der Waals surface area contributed by atoms with Crippen LogP contribution in [0.4, 0.5) is 0 Å². The van der Waals surface area contributed by atoms with Gasteiger partial charge in [0.15, 0.2) is 6.29 Å². The first kappa shape index (κ1) is 14.8. The van der Waals surface area contributed by atoms with Crippen molar-refractivity contribution in [3.8, 4) is 0 Å². The minimum absolute atomic E-state index is 0.244. The maximum absolute atomic E-state index is 5.74. The third kappa shape index (κ3) is 3.15. The summed E-state index contributed by atoms with van der Waals surface area (Å²) < 4.78 is 32.3. The minimum atomic E-state index is -0.489. The molecule has 1 aliphatic heterocycles. The SMILES string of the molecule is COC[C@@H]1O[C@@H](OC)C(OC)C(OC)[C@@H]1OC. The lowest BCUT2D eigenvalue weighted by molar-refractivity contribution is -0.307. The van der Waals surface area contributed by atoms with Gasteiger partial charge in [-0.25, -0.2) is 0 Å². The van der Waals surface area contributed by atoms with Crippen molar-refractivity contribution in [2.24, 2.45) is 0 Å². The minimum Gasteiger partial charge on any atom is -0.382 e. The van der Waals surface area contributed by atoms with Gasteiger partial charge >= 0.3 is 0 Å². The van der Waals surface area contributed by atoms with Crippen LogP contribution in [-0.2, 0) is 28.4 Å². The highest BCUT2D eigenvalue weighted by Gasteiger charge is 2.47. The summed E-state index contributed by atoms with van der Waals surface area (Å²) in [6.45, 7) is 0.411. The predicted molar refractivity (Wildman–Crippen MR) is 59.9 cm³/mol. The summed E-state index contributed by atoms with van der Waals surface area (Å²) in [7, 11) is 8.01. The lowest BCUT2D eigenvalue weighted by Crippen LogP contribution is -2.61. The first-order valence-corrected chi connectivity index (χ1v) is 5.49. The summed E-state index contributed by atoms with van der Waals surface area (Å²) in [5.41, 5.74) is 0. The van der Waals surface area contributed by atoms with Gasteiger partial charge in [-0.2, -0.15) is 0 Å². The summed E-state index contributed by atoms with van der Waals surface area (Å²) in [5.74, 6) is 0. The van der Waals surface area contributed by atoms with E-state index in [1.807, 2.05) is 0 Å². The van der Waals surface area contributed by atoms with Crippen molar-refractivity contribution in [1.82, 2.24) is 0 Å². The average molecular weight is 250 g/mol. The van der Waals surface area contributed by atoms with Gasteiger partial charge in [-0.05, 0) is 0 Å². The topological polar surface area (TPSA) is 55.4 Å². The highest BCUT2D eigenvalue weighted by Crippen LogP contribution is 2.27. The summed E-state index contributed by atoms with van der Waals surface area (Å²) in [4.78, 5) is 0. The Bertz CT molecular complexity index is 212. The lowest BCUT2D eigenvalue weighted by Gasteiger charge is -2.44. The fraction of sp³-hybridized carbons (Fsp3) is 1.00. The number of hydrogen-bond acceptors (Lipinski definition) is 6. The Kier molecular flexibility index (Phi) is 6.32. The molecule has 1 rings (SSSR count). The highest BCUT2D eigenvalue weighted by molar-refractivity contribution is 4.92. The normalized spacial score (nSPS) is 38.3. The largest absolute Gasteiger partial charge is 0.382 e. The third-order valence-corrected chi connectivity index (χ3v) is 2.97. The number of hydrogen-bond donors (Lipinski definition) is 0. The van der Waals surface area contributed by atoms with E-state index in [4.69, 9.17) is 28.4 Å². The molecule has 0 aromatic heterocycles. The van der Waals surface area contributed by atoms with E-state index in [0.717, 1.165) is 0 Å². The van der Waals surface area contributed by atoms with Crippen LogP contribution in [0.2, 0.25) is 0 Å². The number of rotatable bonds is 6. The Morgan fingerprint density at radius 2 is 1.35 bits per heavy atom. The Labute approximate surface area is 102 Å². The molecule has 0 bridgehead atoms. The molecule has 1 fully saturated rings. The van der Waals surface area contributed by atoms with Crippen LogP contribution < -0.4 is 0 Å². The molecule has 0 spiro atoms. The van der Waals surface area contributed by atoms with Gasteiger partial charge in [-0.15, -0.1) is 0 Å². The van der Waals surface area contributed by atoms with Crippen molar-refractivity contribution in [3.63, 3.8) is 0 Å². The summed E-state index contributed by atoms with van der Waals surface area (Å²) in [5, 5.41) is 0. The molecule has 0 aliphatic carbocycles. The predicted octanol–water partition coefficient (Wildman–Crippen LogP) is 0.0491. The van der Waals surface area contributed by atoms with Crippen molar-refractivity contribution < 1.29 is 28.4 Å². The van der Waals surface area contributed by atoms with Crippen molar-refractivity contribution in [2.45, 2.75) is 30.7 Å². The molecule has 6 heteroatoms. The number of ether oxygens (including phenoxy) is 6. The van der Waals surface area contributed by atoms with E-state index in [1.165, 1.54) is 0 Å². The Balaban J connectivity index is 2.84. The molecule has 2 unspecified atom stereocenters. The van der Waals surface area contributed by atoms with Gasteiger partial charge in [0.05, 0.1) is 6.61 Å². The first-order valence-electron chi connectivity index (χ1n) is 5.49. The zero-order valence-corrected chi connectivity index (χ0v) is 11.0. The fourth-order valence-corrected chi connectivity index (χ4v) is 2.17. The van der Waals surface area contributed by atoms with Crippen LogP contribution in [0, 0.1) is 0 Å². The van der Waals surface area contributed by atoms with E-state index in [2.05, 4.69) is 0 Å². The van der Waals surface area contributed by atoms with E-state index in [1.54, 1.807) is 35.5 Å². The van der Waals surface area contributed by atoms with Gasteiger partial charge in [0, 0.05) is 35.5 Å². The summed E-state index contributed by atoms with van der Waals surface area (Å²) >= 11 is 0. The van der Waals surface area contributed by atoms with Crippen LogP contribution >= 0.6 is 0 Å². The van der Waals surface area contributed by atoms with Gasteiger partial charge in [0.1, 0.15) is 24.4 Å². The van der Waals surface area contributed by atoms with Crippen LogP contribution in [-0.4, -0.2) is 72.9 Å². The maximum Gasteiger partial charge on any atom is 0.186 e. The standard InChI is InChI=1S/C11H22O6/c1-12-6-7-8(13-2)9(14-3)10(15-4)11(16-5)17-7/h7-11H,6H2,1-5H3/t7-,8+,9?,10?,11+/m0/s1. The molecule has 0 radical (unpaired) electrons. The van der Waals surface area contributed by atoms with Crippen molar-refractivity contribution in [2.75, 3.05) is 42.2 Å². The molecule has 1 saturated heterocycles. The lowest BCUT2D eigenvalue weighted by atomic mass is 9.98. The molecule has 0 N–H and O–H groups in total. The van der Waals surface area contributed by atoms with Crippen LogP contribution in [0.5, 0.6) is 0 Å². The van der Waals surface area contributed by atoms with Gasteiger partial charge in [0.2, 0.25) is 0 Å². The van der Waals surface area contributed by atoms with Crippen LogP contribution in [0.15, 0.2) is 0 Å². The quantitative estimate of drug-likeness (QED) is 0.664. The van der Waals surface area contributed by atoms with Gasteiger partial charge < -0.3 is 28.4 Å². The van der Waals surface area contributed by atoms with E-state index in [0.29, 0.717) is 6.61 Å². The van der Waals surface area contributed by atoms with Crippen molar-refractivity contribution in [1.29, 1.82) is 0 Å². The maximum atomic E-state index is 5.74. The summed E-state index contributed by atoms with van der Waals surface area (Å²) in [6, 6.07) is 0.